The third kappa shape index (κ3) is 4.95. The van der Waals surface area contributed by atoms with E-state index in [-0.39, 0.29) is 12.3 Å². The van der Waals surface area contributed by atoms with E-state index in [1.54, 1.807) is 30.3 Å². The lowest BCUT2D eigenvalue weighted by Gasteiger charge is -2.40. The molecule has 1 N–H and O–H groups in total. The molecule has 0 spiro atoms. The standard InChI is InChI=1S/C16H16F5NOS/c1-12(23)22-16(14-5-3-2-4-6-14)11-13-7-9-15(10-8-13)24(17,18,19,20)21/h2-10,16H,11H2,1H3,(H,22,23)/t16-/m0/s1. The molecule has 2 aromatic carbocycles. The summed E-state index contributed by atoms with van der Waals surface area (Å²) >= 11 is 0. The van der Waals surface area contributed by atoms with Gasteiger partial charge in [0.25, 0.3) is 0 Å². The van der Waals surface area contributed by atoms with Crippen LogP contribution in [0.15, 0.2) is 59.5 Å². The van der Waals surface area contributed by atoms with Crippen LogP contribution in [0, 0.1) is 0 Å². The highest BCUT2D eigenvalue weighted by Crippen LogP contribution is 3.02. The molecule has 1 atom stereocenters. The Morgan fingerprint density at radius 2 is 1.50 bits per heavy atom. The lowest BCUT2D eigenvalue weighted by atomic mass is 9.99. The first-order valence-electron chi connectivity index (χ1n) is 7.00. The van der Waals surface area contributed by atoms with Crippen LogP contribution in [0.3, 0.4) is 0 Å². The van der Waals surface area contributed by atoms with Crippen molar-refractivity contribution < 1.29 is 24.2 Å². The summed E-state index contributed by atoms with van der Waals surface area (Å²) < 4.78 is 63.6. The average Bonchev–Trinajstić information content (AvgIpc) is 2.45. The molecular weight excluding hydrogens is 349 g/mol. The highest BCUT2D eigenvalue weighted by molar-refractivity contribution is 8.45. The van der Waals surface area contributed by atoms with Gasteiger partial charge in [-0.15, -0.1) is 0 Å². The van der Waals surface area contributed by atoms with E-state index in [0.717, 1.165) is 17.7 Å². The van der Waals surface area contributed by atoms with E-state index >= 15 is 0 Å². The van der Waals surface area contributed by atoms with Gasteiger partial charge in [-0.2, -0.15) is 0 Å². The van der Waals surface area contributed by atoms with Gasteiger partial charge >= 0.3 is 10.2 Å². The minimum absolute atomic E-state index is 0.185. The van der Waals surface area contributed by atoms with Crippen molar-refractivity contribution in [2.24, 2.45) is 0 Å². The Bertz CT molecular complexity index is 729. The quantitative estimate of drug-likeness (QED) is 0.670. The fraction of sp³-hybridized carbons (Fsp3) is 0.188. The fourth-order valence-electron chi connectivity index (χ4n) is 2.30. The summed E-state index contributed by atoms with van der Waals surface area (Å²) in [6, 6.07) is 11.2. The van der Waals surface area contributed by atoms with Gasteiger partial charge in [0.1, 0.15) is 4.90 Å². The number of carbonyl (C=O) groups excluding carboxylic acids is 1. The second-order valence-electron chi connectivity index (χ2n) is 5.48. The first-order valence-corrected chi connectivity index (χ1v) is 8.95. The van der Waals surface area contributed by atoms with Crippen molar-refractivity contribution in [3.8, 4) is 0 Å². The second kappa shape index (κ2) is 5.47. The van der Waals surface area contributed by atoms with Crippen LogP contribution in [-0.2, 0) is 11.2 Å². The number of amides is 1. The predicted octanol–water partition coefficient (Wildman–Crippen LogP) is 5.76. The summed E-state index contributed by atoms with van der Waals surface area (Å²) in [5.41, 5.74) is 1.17. The summed E-state index contributed by atoms with van der Waals surface area (Å²) in [6.45, 7) is 1.33. The molecule has 2 aromatic rings. The van der Waals surface area contributed by atoms with Gasteiger partial charge in [0.15, 0.2) is 0 Å². The molecule has 0 aliphatic rings. The predicted molar refractivity (Wildman–Crippen MR) is 84.5 cm³/mol. The number of benzene rings is 2. The second-order valence-corrected chi connectivity index (χ2v) is 7.89. The largest absolute Gasteiger partial charge is 0.349 e. The molecule has 0 aromatic heterocycles. The summed E-state index contributed by atoms with van der Waals surface area (Å²) in [5.74, 6) is -0.299. The van der Waals surface area contributed by atoms with Gasteiger partial charge in [0, 0.05) is 6.92 Å². The molecule has 0 heterocycles. The molecule has 0 saturated heterocycles. The van der Waals surface area contributed by atoms with E-state index in [1.807, 2.05) is 0 Å². The molecule has 2 nitrogen and oxygen atoms in total. The topological polar surface area (TPSA) is 29.1 Å². The first-order chi connectivity index (χ1) is 10.8. The number of hydrogen-bond acceptors (Lipinski definition) is 1. The normalized spacial score (nSPS) is 15.9. The molecule has 0 bridgehead atoms. The van der Waals surface area contributed by atoms with Crippen molar-refractivity contribution in [1.82, 2.24) is 5.32 Å². The molecule has 132 valence electrons. The summed E-state index contributed by atoms with van der Waals surface area (Å²) in [4.78, 5) is 9.41. The molecule has 0 fully saturated rings. The maximum atomic E-state index is 12.7. The van der Waals surface area contributed by atoms with Crippen molar-refractivity contribution in [1.29, 1.82) is 0 Å². The average molecular weight is 365 g/mol. The van der Waals surface area contributed by atoms with Crippen LogP contribution in [0.2, 0.25) is 0 Å². The maximum absolute atomic E-state index is 12.7. The summed E-state index contributed by atoms with van der Waals surface area (Å²) in [7, 11) is -9.66. The highest BCUT2D eigenvalue weighted by Gasteiger charge is 2.65. The molecule has 2 rings (SSSR count). The van der Waals surface area contributed by atoms with E-state index in [0.29, 0.717) is 17.7 Å². The zero-order valence-corrected chi connectivity index (χ0v) is 13.5. The number of hydrogen-bond donors (Lipinski definition) is 1. The Kier molecular flexibility index (Phi) is 4.16. The van der Waals surface area contributed by atoms with Crippen molar-refractivity contribution >= 4 is 16.1 Å². The van der Waals surface area contributed by atoms with Gasteiger partial charge in [-0.05, 0) is 29.7 Å². The summed E-state index contributed by atoms with van der Waals surface area (Å²) in [6.07, 6.45) is 0.185. The minimum atomic E-state index is -9.66. The van der Waals surface area contributed by atoms with Crippen molar-refractivity contribution in [2.45, 2.75) is 24.3 Å². The molecule has 0 saturated carbocycles. The zero-order valence-electron chi connectivity index (χ0n) is 12.7. The van der Waals surface area contributed by atoms with Crippen molar-refractivity contribution in [2.75, 3.05) is 0 Å². The van der Waals surface area contributed by atoms with E-state index in [2.05, 4.69) is 5.32 Å². The van der Waals surface area contributed by atoms with E-state index in [1.165, 1.54) is 6.92 Å². The maximum Gasteiger partial charge on any atom is 0.310 e. The van der Waals surface area contributed by atoms with Crippen molar-refractivity contribution in [3.63, 3.8) is 0 Å². The van der Waals surface area contributed by atoms with Crippen LogP contribution in [-0.4, -0.2) is 5.91 Å². The third-order valence-corrected chi connectivity index (χ3v) is 4.55. The number of rotatable bonds is 5. The van der Waals surface area contributed by atoms with Crippen LogP contribution >= 0.6 is 10.2 Å². The van der Waals surface area contributed by atoms with Gasteiger partial charge in [0.05, 0.1) is 6.04 Å². The van der Waals surface area contributed by atoms with Crippen LogP contribution in [0.25, 0.3) is 0 Å². The molecule has 0 aliphatic heterocycles. The molecule has 24 heavy (non-hydrogen) atoms. The molecule has 8 heteroatoms. The lowest BCUT2D eigenvalue weighted by Crippen LogP contribution is -2.27. The Labute approximate surface area is 136 Å². The van der Waals surface area contributed by atoms with Gasteiger partial charge < -0.3 is 5.32 Å². The van der Waals surface area contributed by atoms with Crippen LogP contribution in [0.1, 0.15) is 24.1 Å². The first kappa shape index (κ1) is 18.3. The van der Waals surface area contributed by atoms with Crippen LogP contribution in [0.5, 0.6) is 0 Å². The van der Waals surface area contributed by atoms with Crippen molar-refractivity contribution in [3.05, 3.63) is 65.7 Å². The minimum Gasteiger partial charge on any atom is -0.349 e. The van der Waals surface area contributed by atoms with E-state index in [4.69, 9.17) is 0 Å². The zero-order chi connectivity index (χ0) is 18.1. The van der Waals surface area contributed by atoms with E-state index in [9.17, 15) is 24.2 Å². The van der Waals surface area contributed by atoms with Gasteiger partial charge in [-0.25, -0.2) is 0 Å². The van der Waals surface area contributed by atoms with Gasteiger partial charge in [-0.3, -0.25) is 4.79 Å². The number of nitrogens with one attached hydrogen (secondary N) is 1. The molecule has 0 aliphatic carbocycles. The lowest BCUT2D eigenvalue weighted by molar-refractivity contribution is -0.119. The van der Waals surface area contributed by atoms with E-state index < -0.39 is 21.2 Å². The SMILES string of the molecule is CC(=O)N[C@@H](Cc1ccc(S(F)(F)(F)(F)F)cc1)c1ccccc1. The van der Waals surface area contributed by atoms with Crippen LogP contribution < -0.4 is 5.32 Å². The Morgan fingerprint density at radius 1 is 0.958 bits per heavy atom. The summed E-state index contributed by atoms with van der Waals surface area (Å²) in [5, 5.41) is 2.70. The monoisotopic (exact) mass is 365 g/mol. The molecule has 0 unspecified atom stereocenters. The third-order valence-electron chi connectivity index (χ3n) is 3.39. The van der Waals surface area contributed by atoms with Gasteiger partial charge in [-0.1, -0.05) is 61.9 Å². The molecular formula is C16H16F5NOS. The number of halogens is 5. The Morgan fingerprint density at radius 3 is 1.96 bits per heavy atom. The number of carbonyl (C=O) groups is 1. The Hall–Kier alpha value is -2.09. The molecule has 1 amide bonds. The van der Waals surface area contributed by atoms with Gasteiger partial charge in [0.2, 0.25) is 5.91 Å². The molecule has 0 radical (unpaired) electrons. The Balaban J connectivity index is 2.26. The highest BCUT2D eigenvalue weighted by atomic mass is 32.5. The van der Waals surface area contributed by atoms with Crippen LogP contribution in [0.4, 0.5) is 19.4 Å². The smallest absolute Gasteiger partial charge is 0.310 e. The fourth-order valence-corrected chi connectivity index (χ4v) is 2.95.